The number of aryl methyl sites for hydroxylation is 1. The van der Waals surface area contributed by atoms with Gasteiger partial charge in [-0.25, -0.2) is 0 Å². The van der Waals surface area contributed by atoms with E-state index < -0.39 is 0 Å². The summed E-state index contributed by atoms with van der Waals surface area (Å²) in [6.07, 6.45) is 1.66. The average molecular weight is 276 g/mol. The summed E-state index contributed by atoms with van der Waals surface area (Å²) in [5, 5.41) is 2.80. The van der Waals surface area contributed by atoms with Gasteiger partial charge in [0.25, 0.3) is 5.91 Å². The molecule has 100 valence electrons. The molecule has 0 aliphatic heterocycles. The van der Waals surface area contributed by atoms with E-state index in [0.717, 1.165) is 10.6 Å². The molecule has 19 heavy (non-hydrogen) atoms. The summed E-state index contributed by atoms with van der Waals surface area (Å²) in [4.78, 5) is 18.5. The van der Waals surface area contributed by atoms with Crippen LogP contribution in [0.2, 0.25) is 0 Å². The molecule has 5 heteroatoms. The fraction of sp³-hybridized carbons (Fsp3) is 0.286. The highest BCUT2D eigenvalue weighted by atomic mass is 32.1. The molecule has 0 unspecified atom stereocenters. The largest absolute Gasteiger partial charge is 0.383 e. The Balaban J connectivity index is 2.13. The highest BCUT2D eigenvalue weighted by molar-refractivity contribution is 7.15. The topological polar surface area (TPSA) is 51.2 Å². The quantitative estimate of drug-likeness (QED) is 0.854. The Morgan fingerprint density at radius 1 is 1.42 bits per heavy atom. The van der Waals surface area contributed by atoms with Crippen LogP contribution in [-0.4, -0.2) is 31.2 Å². The predicted molar refractivity (Wildman–Crippen MR) is 76.5 cm³/mol. The number of pyridine rings is 1. The Hall–Kier alpha value is -1.72. The van der Waals surface area contributed by atoms with Crippen molar-refractivity contribution in [2.45, 2.75) is 6.92 Å². The normalized spacial score (nSPS) is 10.4. The lowest BCUT2D eigenvalue weighted by Crippen LogP contribution is -2.26. The van der Waals surface area contributed by atoms with Crippen LogP contribution in [0.5, 0.6) is 0 Å². The number of nitrogens with zero attached hydrogens (tertiary/aromatic N) is 1. The third-order valence-corrected chi connectivity index (χ3v) is 3.63. The van der Waals surface area contributed by atoms with E-state index in [4.69, 9.17) is 4.74 Å². The lowest BCUT2D eigenvalue weighted by molar-refractivity contribution is 0.0937. The highest BCUT2D eigenvalue weighted by Gasteiger charge is 2.08. The van der Waals surface area contributed by atoms with E-state index in [1.807, 2.05) is 18.2 Å². The Kier molecular flexibility index (Phi) is 4.65. The van der Waals surface area contributed by atoms with E-state index in [2.05, 4.69) is 17.2 Å². The summed E-state index contributed by atoms with van der Waals surface area (Å²) < 4.78 is 4.90. The van der Waals surface area contributed by atoms with Crippen molar-refractivity contribution < 1.29 is 9.53 Å². The first kappa shape index (κ1) is 13.7. The van der Waals surface area contributed by atoms with Gasteiger partial charge in [-0.15, -0.1) is 11.3 Å². The van der Waals surface area contributed by atoms with Gasteiger partial charge in [-0.05, 0) is 31.2 Å². The molecule has 0 aliphatic carbocycles. The van der Waals surface area contributed by atoms with Gasteiger partial charge in [0.1, 0.15) is 0 Å². The summed E-state index contributed by atoms with van der Waals surface area (Å²) in [5.74, 6) is -0.103. The van der Waals surface area contributed by atoms with Crippen molar-refractivity contribution >= 4 is 17.2 Å². The number of hydrogen-bond acceptors (Lipinski definition) is 4. The minimum absolute atomic E-state index is 0.103. The van der Waals surface area contributed by atoms with E-state index in [-0.39, 0.29) is 5.91 Å². The molecule has 1 amide bonds. The monoisotopic (exact) mass is 276 g/mol. The fourth-order valence-electron chi connectivity index (χ4n) is 1.65. The summed E-state index contributed by atoms with van der Waals surface area (Å²) in [6, 6.07) is 7.60. The zero-order chi connectivity index (χ0) is 13.7. The smallest absolute Gasteiger partial charge is 0.251 e. The molecule has 0 aliphatic rings. The molecular formula is C14H16N2O2S. The van der Waals surface area contributed by atoms with Crippen molar-refractivity contribution in [3.8, 4) is 10.6 Å². The van der Waals surface area contributed by atoms with E-state index in [0.29, 0.717) is 18.7 Å². The minimum Gasteiger partial charge on any atom is -0.383 e. The number of ether oxygens (including phenoxy) is 1. The molecule has 2 aromatic heterocycles. The number of hydrogen-bond donors (Lipinski definition) is 1. The number of aromatic nitrogens is 1. The summed E-state index contributed by atoms with van der Waals surface area (Å²) in [5.41, 5.74) is 1.45. The number of thiophene rings is 1. The first-order valence-corrected chi connectivity index (χ1v) is 6.82. The molecule has 2 aromatic rings. The molecule has 0 bridgehead atoms. The van der Waals surface area contributed by atoms with Gasteiger partial charge < -0.3 is 10.1 Å². The Labute approximate surface area is 116 Å². The van der Waals surface area contributed by atoms with Gasteiger partial charge >= 0.3 is 0 Å². The second kappa shape index (κ2) is 6.45. The third-order valence-electron chi connectivity index (χ3n) is 2.61. The van der Waals surface area contributed by atoms with Crippen LogP contribution in [0.3, 0.4) is 0 Å². The second-order valence-electron chi connectivity index (χ2n) is 4.09. The minimum atomic E-state index is -0.103. The molecule has 4 nitrogen and oxygen atoms in total. The van der Waals surface area contributed by atoms with Crippen molar-refractivity contribution in [3.05, 3.63) is 40.9 Å². The van der Waals surface area contributed by atoms with Gasteiger partial charge in [-0.1, -0.05) is 0 Å². The van der Waals surface area contributed by atoms with Gasteiger partial charge in [0.15, 0.2) is 0 Å². The number of carbonyl (C=O) groups is 1. The van der Waals surface area contributed by atoms with Crippen LogP contribution < -0.4 is 5.32 Å². The van der Waals surface area contributed by atoms with Gasteiger partial charge in [-0.2, -0.15) is 0 Å². The van der Waals surface area contributed by atoms with Gasteiger partial charge in [-0.3, -0.25) is 9.78 Å². The van der Waals surface area contributed by atoms with Crippen LogP contribution in [-0.2, 0) is 4.74 Å². The van der Waals surface area contributed by atoms with Crippen molar-refractivity contribution in [2.24, 2.45) is 0 Å². The lowest BCUT2D eigenvalue weighted by atomic mass is 10.2. The van der Waals surface area contributed by atoms with Crippen molar-refractivity contribution in [3.63, 3.8) is 0 Å². The summed E-state index contributed by atoms with van der Waals surface area (Å²) >= 11 is 1.67. The zero-order valence-corrected chi connectivity index (χ0v) is 11.8. The molecule has 1 N–H and O–H groups in total. The highest BCUT2D eigenvalue weighted by Crippen LogP contribution is 2.26. The van der Waals surface area contributed by atoms with Crippen LogP contribution in [0.4, 0.5) is 0 Å². The third kappa shape index (κ3) is 3.62. The van der Waals surface area contributed by atoms with E-state index in [9.17, 15) is 4.79 Å². The van der Waals surface area contributed by atoms with Crippen LogP contribution >= 0.6 is 11.3 Å². The molecule has 2 heterocycles. The zero-order valence-electron chi connectivity index (χ0n) is 11.0. The Morgan fingerprint density at radius 2 is 2.26 bits per heavy atom. The molecule has 0 spiro atoms. The van der Waals surface area contributed by atoms with Crippen molar-refractivity contribution in [1.29, 1.82) is 0 Å². The fourth-order valence-corrected chi connectivity index (χ4v) is 2.48. The van der Waals surface area contributed by atoms with E-state index in [1.54, 1.807) is 30.7 Å². The van der Waals surface area contributed by atoms with Crippen LogP contribution in [0.15, 0.2) is 30.5 Å². The SMILES string of the molecule is COCCNC(=O)c1ccnc(-c2ccc(C)s2)c1. The number of nitrogens with one attached hydrogen (secondary N) is 1. The van der Waals surface area contributed by atoms with Gasteiger partial charge in [0.05, 0.1) is 17.2 Å². The van der Waals surface area contributed by atoms with E-state index in [1.165, 1.54) is 4.88 Å². The first-order chi connectivity index (χ1) is 9.20. The maximum atomic E-state index is 11.9. The lowest BCUT2D eigenvalue weighted by Gasteiger charge is -2.05. The maximum absolute atomic E-state index is 11.9. The second-order valence-corrected chi connectivity index (χ2v) is 5.38. The molecule has 2 rings (SSSR count). The van der Waals surface area contributed by atoms with Crippen molar-refractivity contribution in [1.82, 2.24) is 10.3 Å². The molecular weight excluding hydrogens is 260 g/mol. The maximum Gasteiger partial charge on any atom is 0.251 e. The Bertz CT molecular complexity index is 566. The Morgan fingerprint density at radius 3 is 2.95 bits per heavy atom. The van der Waals surface area contributed by atoms with Gasteiger partial charge in [0, 0.05) is 30.3 Å². The number of methoxy groups -OCH3 is 1. The standard InChI is InChI=1S/C14H16N2O2S/c1-10-3-4-13(19-10)12-9-11(5-6-15-12)14(17)16-7-8-18-2/h3-6,9H,7-8H2,1-2H3,(H,16,17). The molecule has 0 radical (unpaired) electrons. The first-order valence-electron chi connectivity index (χ1n) is 6.00. The van der Waals surface area contributed by atoms with Crippen LogP contribution in [0, 0.1) is 6.92 Å². The predicted octanol–water partition coefficient (Wildman–Crippen LogP) is 2.49. The molecule has 0 atom stereocenters. The molecule has 0 fully saturated rings. The molecule has 0 saturated carbocycles. The van der Waals surface area contributed by atoms with Crippen molar-refractivity contribution in [2.75, 3.05) is 20.3 Å². The van der Waals surface area contributed by atoms with Gasteiger partial charge in [0.2, 0.25) is 0 Å². The average Bonchev–Trinajstić information content (AvgIpc) is 2.86. The number of rotatable bonds is 5. The molecule has 0 saturated heterocycles. The summed E-state index contributed by atoms with van der Waals surface area (Å²) in [6.45, 7) is 3.06. The molecule has 0 aromatic carbocycles. The van der Waals surface area contributed by atoms with E-state index >= 15 is 0 Å². The number of amides is 1. The number of carbonyl (C=O) groups excluding carboxylic acids is 1. The van der Waals surface area contributed by atoms with Crippen LogP contribution in [0.25, 0.3) is 10.6 Å². The van der Waals surface area contributed by atoms with Crippen LogP contribution in [0.1, 0.15) is 15.2 Å². The summed E-state index contributed by atoms with van der Waals surface area (Å²) in [7, 11) is 1.61.